The van der Waals surface area contributed by atoms with Crippen LogP contribution in [0.1, 0.15) is 47.0 Å². The lowest BCUT2D eigenvalue weighted by atomic mass is 9.80. The average molecular weight is 543 g/mol. The van der Waals surface area contributed by atoms with Crippen molar-refractivity contribution in [2.24, 2.45) is 0 Å². The van der Waals surface area contributed by atoms with Gasteiger partial charge in [0, 0.05) is 6.54 Å². The van der Waals surface area contributed by atoms with E-state index in [1.165, 1.54) is 11.9 Å². The van der Waals surface area contributed by atoms with Gasteiger partial charge in [-0.3, -0.25) is 4.79 Å². The van der Waals surface area contributed by atoms with Gasteiger partial charge in [-0.25, -0.2) is 13.2 Å². The Morgan fingerprint density at radius 1 is 0.882 bits per heavy atom. The number of hydrogen-bond donors (Lipinski definition) is 2. The van der Waals surface area contributed by atoms with E-state index in [1.54, 1.807) is 0 Å². The monoisotopic (exact) mass is 543 g/mol. The highest BCUT2D eigenvalue weighted by Crippen LogP contribution is 2.58. The molecule has 0 aromatic heterocycles. The van der Waals surface area contributed by atoms with Crippen LogP contribution in [0.25, 0.3) is 0 Å². The van der Waals surface area contributed by atoms with E-state index in [2.05, 4.69) is 4.74 Å². The van der Waals surface area contributed by atoms with Crippen LogP contribution in [-0.4, -0.2) is 67.4 Å². The van der Waals surface area contributed by atoms with Gasteiger partial charge in [0.2, 0.25) is 0 Å². The molecule has 204 valence electrons. The number of ether oxygens (including phenoxy) is 1. The molecule has 0 aliphatic rings. The summed E-state index contributed by atoms with van der Waals surface area (Å²) < 4.78 is 159. The molecule has 0 rings (SSSR count). The number of nitrogens with one attached hydrogen (secondary N) is 1. The number of rotatable bonds is 12. The Labute approximate surface area is 190 Å². The zero-order chi connectivity index (χ0) is 27.6. The van der Waals surface area contributed by atoms with E-state index in [0.717, 1.165) is 0 Å². The highest BCUT2D eigenvalue weighted by Gasteiger charge is 2.83. The summed E-state index contributed by atoms with van der Waals surface area (Å²) in [6.45, 7) is 1.63. The molecule has 0 spiro atoms. The standard InChI is InChI=1S/C18H28F11NO3Si/c1-6-12(3,19)15(21,17(25,26)27)18(28,29)33-13(4,7-2)14(20,16(22,23)24)11(31)30-9-8-10-34(5)32/h32,34H,6-10H2,1-5H3,(H,30,31). The number of hydrogen-bond acceptors (Lipinski definition) is 3. The molecule has 0 saturated carbocycles. The molecule has 1 amide bonds. The van der Waals surface area contributed by atoms with Crippen molar-refractivity contribution < 1.29 is 62.6 Å². The Bertz CT molecular complexity index is 702. The van der Waals surface area contributed by atoms with Gasteiger partial charge in [0.15, 0.2) is 14.7 Å². The molecule has 0 bridgehead atoms. The second kappa shape index (κ2) is 10.4. The summed E-state index contributed by atoms with van der Waals surface area (Å²) in [5.41, 5.74) is -20.2. The van der Waals surface area contributed by atoms with Gasteiger partial charge in [0.1, 0.15) is 5.60 Å². The minimum atomic E-state index is -6.71. The van der Waals surface area contributed by atoms with Crippen molar-refractivity contribution >= 4 is 14.9 Å². The van der Waals surface area contributed by atoms with E-state index in [4.69, 9.17) is 0 Å². The van der Waals surface area contributed by atoms with E-state index >= 15 is 4.39 Å². The first-order valence-electron chi connectivity index (χ1n) is 10.2. The van der Waals surface area contributed by atoms with Crippen molar-refractivity contribution in [3.8, 4) is 0 Å². The van der Waals surface area contributed by atoms with Crippen molar-refractivity contribution in [1.29, 1.82) is 0 Å². The molecule has 0 aliphatic heterocycles. The van der Waals surface area contributed by atoms with E-state index in [0.29, 0.717) is 13.8 Å². The first-order chi connectivity index (χ1) is 14.9. The second-order valence-electron chi connectivity index (χ2n) is 8.31. The number of carbonyl (C=O) groups excluding carboxylic acids is 1. The van der Waals surface area contributed by atoms with E-state index in [1.807, 2.05) is 0 Å². The molecule has 0 aromatic carbocycles. The fourth-order valence-electron chi connectivity index (χ4n) is 3.14. The van der Waals surface area contributed by atoms with E-state index < -0.39 is 75.4 Å². The summed E-state index contributed by atoms with van der Waals surface area (Å²) in [6.07, 6.45) is -22.6. The van der Waals surface area contributed by atoms with Crippen LogP contribution in [0.4, 0.5) is 48.3 Å². The molecule has 0 saturated heterocycles. The van der Waals surface area contributed by atoms with Gasteiger partial charge < -0.3 is 14.8 Å². The topological polar surface area (TPSA) is 58.6 Å². The summed E-state index contributed by atoms with van der Waals surface area (Å²) in [6, 6.07) is 0.0766. The molecule has 16 heteroatoms. The van der Waals surface area contributed by atoms with Crippen molar-refractivity contribution in [1.82, 2.24) is 5.32 Å². The Morgan fingerprint density at radius 2 is 1.35 bits per heavy atom. The zero-order valence-corrected chi connectivity index (χ0v) is 20.2. The van der Waals surface area contributed by atoms with Crippen LogP contribution in [0.2, 0.25) is 12.6 Å². The number of carbonyl (C=O) groups is 1. The second-order valence-corrected chi connectivity index (χ2v) is 10.6. The maximum atomic E-state index is 15.4. The predicted octanol–water partition coefficient (Wildman–Crippen LogP) is 5.30. The van der Waals surface area contributed by atoms with Crippen molar-refractivity contribution in [3.63, 3.8) is 0 Å². The number of amides is 1. The highest BCUT2D eigenvalue weighted by molar-refractivity contribution is 6.48. The van der Waals surface area contributed by atoms with Crippen LogP contribution in [0.15, 0.2) is 0 Å². The highest BCUT2D eigenvalue weighted by atomic mass is 28.3. The first kappa shape index (κ1) is 32.8. The fraction of sp³-hybridized carbons (Fsp3) is 0.944. The molecule has 0 aromatic rings. The largest absolute Gasteiger partial charge is 0.435 e. The predicted molar refractivity (Wildman–Crippen MR) is 102 cm³/mol. The third-order valence-corrected chi connectivity index (χ3v) is 6.96. The molecule has 0 heterocycles. The molecule has 5 unspecified atom stereocenters. The summed E-state index contributed by atoms with van der Waals surface area (Å²) in [5, 5.41) is 1.48. The first-order valence-corrected chi connectivity index (χ1v) is 12.6. The van der Waals surface area contributed by atoms with Crippen molar-refractivity contribution in [2.45, 2.75) is 101 Å². The normalized spacial score (nSPS) is 21.6. The summed E-state index contributed by atoms with van der Waals surface area (Å²) >= 11 is 0. The smallest absolute Gasteiger partial charge is 0.434 e. The van der Waals surface area contributed by atoms with Crippen molar-refractivity contribution in [3.05, 3.63) is 0 Å². The van der Waals surface area contributed by atoms with E-state index in [9.17, 15) is 53.5 Å². The van der Waals surface area contributed by atoms with Crippen LogP contribution in [0.5, 0.6) is 0 Å². The lowest BCUT2D eigenvalue weighted by molar-refractivity contribution is -0.442. The molecule has 34 heavy (non-hydrogen) atoms. The van der Waals surface area contributed by atoms with Gasteiger partial charge in [-0.2, -0.15) is 35.1 Å². The molecule has 0 fully saturated rings. The number of halogens is 11. The summed E-state index contributed by atoms with van der Waals surface area (Å²) in [7, 11) is -2.21. The third-order valence-electron chi connectivity index (χ3n) is 5.72. The maximum Gasteiger partial charge on any atom is 0.434 e. The van der Waals surface area contributed by atoms with Gasteiger partial charge in [-0.15, -0.1) is 0 Å². The molecule has 0 aliphatic carbocycles. The molecular formula is C18H28F11NO3Si. The Hall–Kier alpha value is -1.16. The van der Waals surface area contributed by atoms with Crippen LogP contribution in [-0.2, 0) is 9.53 Å². The summed E-state index contributed by atoms with van der Waals surface area (Å²) in [4.78, 5) is 21.4. The lowest BCUT2D eigenvalue weighted by Crippen LogP contribution is -2.73. The summed E-state index contributed by atoms with van der Waals surface area (Å²) in [5.74, 6) is -2.58. The van der Waals surface area contributed by atoms with Gasteiger partial charge >= 0.3 is 29.8 Å². The van der Waals surface area contributed by atoms with Crippen LogP contribution >= 0.6 is 0 Å². The zero-order valence-electron chi connectivity index (χ0n) is 19.0. The van der Waals surface area contributed by atoms with Gasteiger partial charge in [-0.05, 0) is 45.7 Å². The maximum absolute atomic E-state index is 15.4. The Morgan fingerprint density at radius 3 is 1.68 bits per heavy atom. The van der Waals surface area contributed by atoms with Gasteiger partial charge in [-0.1, -0.05) is 13.8 Å². The lowest BCUT2D eigenvalue weighted by Gasteiger charge is -2.48. The van der Waals surface area contributed by atoms with Crippen LogP contribution in [0, 0.1) is 0 Å². The molecule has 2 N–H and O–H groups in total. The SMILES string of the molecule is CCC(C)(F)C(F)(C(F)(F)F)C(F)(F)OC(C)(CC)C(F)(C(=O)NCCC[SiH](C)O)C(F)(F)F. The van der Waals surface area contributed by atoms with Crippen LogP contribution in [0.3, 0.4) is 0 Å². The third kappa shape index (κ3) is 5.79. The quantitative estimate of drug-likeness (QED) is 0.200. The molecule has 0 radical (unpaired) electrons. The van der Waals surface area contributed by atoms with Gasteiger partial charge in [0.05, 0.1) is 0 Å². The average Bonchev–Trinajstić information content (AvgIpc) is 2.66. The Kier molecular flexibility index (Phi) is 10.1. The minimum Gasteiger partial charge on any atom is -0.435 e. The van der Waals surface area contributed by atoms with Crippen molar-refractivity contribution in [2.75, 3.05) is 6.54 Å². The molecule has 5 atom stereocenters. The number of alkyl halides is 11. The van der Waals surface area contributed by atoms with E-state index in [-0.39, 0.29) is 26.3 Å². The Balaban J connectivity index is 6.58. The molecule has 4 nitrogen and oxygen atoms in total. The molecular weight excluding hydrogens is 515 g/mol. The fourth-order valence-corrected chi connectivity index (χ4v) is 3.93. The van der Waals surface area contributed by atoms with Crippen LogP contribution < -0.4 is 5.32 Å². The minimum absolute atomic E-state index is 0.0766. The van der Waals surface area contributed by atoms with Gasteiger partial charge in [0.25, 0.3) is 5.91 Å².